The number of nitrogens with zero attached hydrogens (tertiary/aromatic N) is 3. The molecule has 0 aliphatic carbocycles. The summed E-state index contributed by atoms with van der Waals surface area (Å²) in [6.45, 7) is 4.26. The molecule has 0 bridgehead atoms. The van der Waals surface area contributed by atoms with Gasteiger partial charge >= 0.3 is 0 Å². The van der Waals surface area contributed by atoms with E-state index in [1.165, 1.54) is 5.56 Å². The van der Waals surface area contributed by atoms with E-state index in [1.54, 1.807) is 11.3 Å². The van der Waals surface area contributed by atoms with Crippen LogP contribution in [0.25, 0.3) is 11.3 Å². The minimum absolute atomic E-state index is 0.681. The van der Waals surface area contributed by atoms with Crippen molar-refractivity contribution in [3.05, 3.63) is 57.8 Å². The second-order valence-electron chi connectivity index (χ2n) is 5.49. The van der Waals surface area contributed by atoms with Gasteiger partial charge < -0.3 is 10.6 Å². The van der Waals surface area contributed by atoms with Gasteiger partial charge in [0.2, 0.25) is 0 Å². The lowest BCUT2D eigenvalue weighted by atomic mass is 10.2. The quantitative estimate of drug-likeness (QED) is 0.772. The van der Waals surface area contributed by atoms with Gasteiger partial charge in [-0.1, -0.05) is 30.3 Å². The number of aryl methyl sites for hydroxylation is 1. The summed E-state index contributed by atoms with van der Waals surface area (Å²) in [5, 5.41) is 9.90. The number of aromatic nitrogens is 3. The van der Waals surface area contributed by atoms with Crippen LogP contribution in [-0.4, -0.2) is 15.0 Å². The number of nitrogens with one attached hydrogen (secondary N) is 2. The van der Waals surface area contributed by atoms with Gasteiger partial charge in [-0.2, -0.15) is 0 Å². The fourth-order valence-corrected chi connectivity index (χ4v) is 3.47. The molecule has 0 unspecified atom stereocenters. The maximum Gasteiger partial charge on any atom is 0.134 e. The Balaban J connectivity index is 1.51. The average molecular weight is 323 g/mol. The van der Waals surface area contributed by atoms with Crippen LogP contribution in [0.2, 0.25) is 0 Å². The standard InChI is InChI=1S/C17H17N5S/c1-11-20-14-8-18-7-13(14)17(21-11)19-9-16-22-15(10-23-16)12-5-3-2-4-6-12/h2-6,10,18H,7-9H2,1H3,(H,19,20,21). The topological polar surface area (TPSA) is 62.7 Å². The smallest absolute Gasteiger partial charge is 0.134 e. The number of fused-ring (bicyclic) bond motifs is 1. The van der Waals surface area contributed by atoms with Crippen LogP contribution >= 0.6 is 11.3 Å². The molecule has 3 heterocycles. The third-order valence-corrected chi connectivity index (χ3v) is 4.68. The molecule has 6 heteroatoms. The second-order valence-corrected chi connectivity index (χ2v) is 6.44. The lowest BCUT2D eigenvalue weighted by Crippen LogP contribution is -2.07. The van der Waals surface area contributed by atoms with E-state index in [0.717, 1.165) is 46.7 Å². The van der Waals surface area contributed by atoms with E-state index >= 15 is 0 Å². The van der Waals surface area contributed by atoms with Gasteiger partial charge in [0.15, 0.2) is 0 Å². The van der Waals surface area contributed by atoms with Crippen LogP contribution in [0.4, 0.5) is 5.82 Å². The summed E-state index contributed by atoms with van der Waals surface area (Å²) < 4.78 is 0. The average Bonchev–Trinajstić information content (AvgIpc) is 3.22. The molecule has 1 aromatic carbocycles. The van der Waals surface area contributed by atoms with E-state index in [-0.39, 0.29) is 0 Å². The van der Waals surface area contributed by atoms with Crippen LogP contribution in [0.15, 0.2) is 35.7 Å². The zero-order valence-electron chi connectivity index (χ0n) is 12.8. The van der Waals surface area contributed by atoms with E-state index in [0.29, 0.717) is 6.54 Å². The van der Waals surface area contributed by atoms with Gasteiger partial charge in [0.1, 0.15) is 16.6 Å². The SMILES string of the molecule is Cc1nc2c(c(NCc3nc(-c4ccccc4)cs3)n1)CNC2. The molecule has 0 saturated carbocycles. The van der Waals surface area contributed by atoms with Crippen molar-refractivity contribution in [2.24, 2.45) is 0 Å². The van der Waals surface area contributed by atoms with E-state index in [9.17, 15) is 0 Å². The number of anilines is 1. The third-order valence-electron chi connectivity index (χ3n) is 3.83. The monoisotopic (exact) mass is 323 g/mol. The summed E-state index contributed by atoms with van der Waals surface area (Å²) in [6.07, 6.45) is 0. The van der Waals surface area contributed by atoms with Crippen molar-refractivity contribution < 1.29 is 0 Å². The molecule has 0 atom stereocenters. The van der Waals surface area contributed by atoms with Gasteiger partial charge in [-0.15, -0.1) is 11.3 Å². The highest BCUT2D eigenvalue weighted by Crippen LogP contribution is 2.24. The number of rotatable bonds is 4. The van der Waals surface area contributed by atoms with Gasteiger partial charge in [0.25, 0.3) is 0 Å². The van der Waals surface area contributed by atoms with E-state index in [2.05, 4.69) is 38.1 Å². The largest absolute Gasteiger partial charge is 0.363 e. The van der Waals surface area contributed by atoms with Crippen molar-refractivity contribution in [1.29, 1.82) is 0 Å². The molecule has 116 valence electrons. The predicted molar refractivity (Wildman–Crippen MR) is 92.2 cm³/mol. The Bertz CT molecular complexity index is 828. The van der Waals surface area contributed by atoms with Crippen molar-refractivity contribution in [3.63, 3.8) is 0 Å². The van der Waals surface area contributed by atoms with Crippen molar-refractivity contribution in [3.8, 4) is 11.3 Å². The minimum Gasteiger partial charge on any atom is -0.363 e. The van der Waals surface area contributed by atoms with Gasteiger partial charge in [0, 0.05) is 29.6 Å². The molecule has 0 amide bonds. The Morgan fingerprint density at radius 1 is 1.13 bits per heavy atom. The van der Waals surface area contributed by atoms with Crippen molar-refractivity contribution in [2.75, 3.05) is 5.32 Å². The Hall–Kier alpha value is -2.31. The molecule has 5 nitrogen and oxygen atoms in total. The van der Waals surface area contributed by atoms with Crippen molar-refractivity contribution >= 4 is 17.2 Å². The van der Waals surface area contributed by atoms with Crippen molar-refractivity contribution in [2.45, 2.75) is 26.6 Å². The predicted octanol–water partition coefficient (Wildman–Crippen LogP) is 3.12. The maximum absolute atomic E-state index is 4.71. The molecular weight excluding hydrogens is 306 g/mol. The summed E-state index contributed by atoms with van der Waals surface area (Å²) in [5.74, 6) is 1.73. The number of thiazole rings is 1. The fourth-order valence-electron chi connectivity index (χ4n) is 2.73. The van der Waals surface area contributed by atoms with Crippen LogP contribution in [-0.2, 0) is 19.6 Å². The summed E-state index contributed by atoms with van der Waals surface area (Å²) >= 11 is 1.67. The van der Waals surface area contributed by atoms with Crippen LogP contribution in [0, 0.1) is 6.92 Å². The van der Waals surface area contributed by atoms with Gasteiger partial charge in [-0.3, -0.25) is 0 Å². The number of hydrogen-bond donors (Lipinski definition) is 2. The molecule has 2 aromatic heterocycles. The van der Waals surface area contributed by atoms with Crippen LogP contribution in [0.5, 0.6) is 0 Å². The minimum atomic E-state index is 0.681. The Morgan fingerprint density at radius 3 is 2.87 bits per heavy atom. The molecule has 1 aliphatic heterocycles. The molecular formula is C17H17N5S. The lowest BCUT2D eigenvalue weighted by molar-refractivity contribution is 0.757. The summed E-state index contributed by atoms with van der Waals surface area (Å²) in [4.78, 5) is 13.7. The van der Waals surface area contributed by atoms with Gasteiger partial charge in [0.05, 0.1) is 17.9 Å². The molecule has 2 N–H and O–H groups in total. The summed E-state index contributed by atoms with van der Waals surface area (Å²) in [5.41, 5.74) is 4.45. The van der Waals surface area contributed by atoms with E-state index in [4.69, 9.17) is 4.98 Å². The molecule has 0 fully saturated rings. The van der Waals surface area contributed by atoms with Crippen molar-refractivity contribution in [1.82, 2.24) is 20.3 Å². The third kappa shape index (κ3) is 2.95. The number of benzene rings is 1. The highest BCUT2D eigenvalue weighted by Gasteiger charge is 2.18. The van der Waals surface area contributed by atoms with E-state index in [1.807, 2.05) is 25.1 Å². The van der Waals surface area contributed by atoms with Crippen LogP contribution in [0.1, 0.15) is 22.1 Å². The Morgan fingerprint density at radius 2 is 2.00 bits per heavy atom. The van der Waals surface area contributed by atoms with Gasteiger partial charge in [-0.25, -0.2) is 15.0 Å². The van der Waals surface area contributed by atoms with Gasteiger partial charge in [-0.05, 0) is 6.92 Å². The molecule has 0 spiro atoms. The first-order valence-corrected chi connectivity index (χ1v) is 8.48. The Labute approximate surface area is 138 Å². The maximum atomic E-state index is 4.71. The first-order valence-electron chi connectivity index (χ1n) is 7.60. The molecule has 4 rings (SSSR count). The molecule has 0 saturated heterocycles. The first kappa shape index (κ1) is 14.3. The fraction of sp³-hybridized carbons (Fsp3) is 0.235. The second kappa shape index (κ2) is 6.06. The normalized spacial score (nSPS) is 13.1. The van der Waals surface area contributed by atoms with Crippen LogP contribution in [0.3, 0.4) is 0 Å². The first-order chi connectivity index (χ1) is 11.3. The summed E-state index contributed by atoms with van der Waals surface area (Å²) in [6, 6.07) is 10.3. The molecule has 3 aromatic rings. The highest BCUT2D eigenvalue weighted by molar-refractivity contribution is 7.09. The zero-order valence-corrected chi connectivity index (χ0v) is 13.7. The highest BCUT2D eigenvalue weighted by atomic mass is 32.1. The number of hydrogen-bond acceptors (Lipinski definition) is 6. The summed E-state index contributed by atoms with van der Waals surface area (Å²) in [7, 11) is 0. The van der Waals surface area contributed by atoms with Crippen LogP contribution < -0.4 is 10.6 Å². The Kier molecular flexibility index (Phi) is 3.77. The van der Waals surface area contributed by atoms with E-state index < -0.39 is 0 Å². The molecule has 0 radical (unpaired) electrons. The lowest BCUT2D eigenvalue weighted by Gasteiger charge is -2.09. The zero-order chi connectivity index (χ0) is 15.6. The molecule has 23 heavy (non-hydrogen) atoms. The molecule has 1 aliphatic rings.